The van der Waals surface area contributed by atoms with Crippen molar-refractivity contribution in [3.63, 3.8) is 0 Å². The minimum Gasteiger partial charge on any atom is -0.351 e. The average Bonchev–Trinajstić information content (AvgIpc) is 3.05. The molecular weight excluding hydrogens is 333 g/mol. The lowest BCUT2D eigenvalue weighted by molar-refractivity contribution is -0.137. The number of hydrogen-bond acceptors (Lipinski definition) is 2. The van der Waals surface area contributed by atoms with Crippen LogP contribution in [0.2, 0.25) is 0 Å². The fraction of sp³-hybridized carbons (Fsp3) is 0.500. The molecule has 2 atom stereocenters. The molecule has 4 rings (SSSR count). The lowest BCUT2D eigenvalue weighted by Gasteiger charge is -2.18. The summed E-state index contributed by atoms with van der Waals surface area (Å²) in [5.74, 6) is -0.512. The summed E-state index contributed by atoms with van der Waals surface area (Å²) < 4.78 is 14.0. The molecule has 1 saturated heterocycles. The molecule has 2 fully saturated rings. The van der Waals surface area contributed by atoms with Crippen LogP contribution in [-0.4, -0.2) is 46.5 Å². The van der Waals surface area contributed by atoms with Crippen LogP contribution >= 0.6 is 0 Å². The molecule has 26 heavy (non-hydrogen) atoms. The molecule has 6 heteroatoms. The molecule has 1 aliphatic carbocycles. The highest BCUT2D eigenvalue weighted by atomic mass is 19.1. The molecule has 1 aromatic heterocycles. The molecule has 2 aromatic rings. The number of amides is 2. The third-order valence-corrected chi connectivity index (χ3v) is 5.88. The van der Waals surface area contributed by atoms with Gasteiger partial charge in [-0.05, 0) is 55.9 Å². The molecule has 0 spiro atoms. The van der Waals surface area contributed by atoms with Gasteiger partial charge in [0, 0.05) is 24.0 Å². The van der Waals surface area contributed by atoms with Crippen molar-refractivity contribution in [1.82, 2.24) is 15.2 Å². The number of hydrogen-bond donors (Lipinski definition) is 2. The van der Waals surface area contributed by atoms with Gasteiger partial charge in [-0.2, -0.15) is 0 Å². The maximum absolute atomic E-state index is 14.0. The molecule has 0 radical (unpaired) electrons. The first-order chi connectivity index (χ1) is 12.3. The Morgan fingerprint density at radius 3 is 2.69 bits per heavy atom. The van der Waals surface area contributed by atoms with E-state index < -0.39 is 11.6 Å². The van der Waals surface area contributed by atoms with Crippen molar-refractivity contribution in [2.24, 2.45) is 5.92 Å². The van der Waals surface area contributed by atoms with E-state index in [-0.39, 0.29) is 17.9 Å². The van der Waals surface area contributed by atoms with Crippen LogP contribution in [0.4, 0.5) is 4.39 Å². The standard InChI is InChI=1S/C20H24FN3O2/c1-11-4-5-15-14(13(11)3)8-16(22-15)18(25)23-17-10-24(9-12(17)2)19(26)20(21)6-7-20/h4-5,8,12,17,22H,6-7,9-10H2,1-3H3,(H,23,25)/t12-,17+/m0/s1. The third-order valence-electron chi connectivity index (χ3n) is 5.88. The Labute approximate surface area is 151 Å². The zero-order chi connectivity index (χ0) is 18.6. The topological polar surface area (TPSA) is 65.2 Å². The SMILES string of the molecule is Cc1ccc2[nH]c(C(=O)N[C@@H]3CN(C(=O)C4(F)CC4)C[C@@H]3C)cc2c1C. The minimum absolute atomic E-state index is 0.0959. The van der Waals surface area contributed by atoms with Crippen molar-refractivity contribution < 1.29 is 14.0 Å². The van der Waals surface area contributed by atoms with E-state index in [2.05, 4.69) is 10.3 Å². The third kappa shape index (κ3) is 2.77. The number of aromatic amines is 1. The molecule has 2 heterocycles. The second kappa shape index (κ2) is 5.83. The highest BCUT2D eigenvalue weighted by Gasteiger charge is 2.54. The number of fused-ring (bicyclic) bond motifs is 1. The maximum atomic E-state index is 14.0. The van der Waals surface area contributed by atoms with Crippen LogP contribution in [0, 0.1) is 19.8 Å². The lowest BCUT2D eigenvalue weighted by atomic mass is 10.1. The number of rotatable bonds is 3. The second-order valence-electron chi connectivity index (χ2n) is 7.88. The fourth-order valence-corrected chi connectivity index (χ4v) is 3.75. The van der Waals surface area contributed by atoms with E-state index in [0.717, 1.165) is 16.5 Å². The normalized spacial score (nSPS) is 24.1. The van der Waals surface area contributed by atoms with Crippen LogP contribution in [0.25, 0.3) is 10.9 Å². The van der Waals surface area contributed by atoms with Gasteiger partial charge >= 0.3 is 0 Å². The maximum Gasteiger partial charge on any atom is 0.268 e. The number of aryl methyl sites for hydroxylation is 2. The molecule has 0 bridgehead atoms. The summed E-state index contributed by atoms with van der Waals surface area (Å²) in [6.07, 6.45) is 0.642. The van der Waals surface area contributed by atoms with Crippen molar-refractivity contribution >= 4 is 22.7 Å². The summed E-state index contributed by atoms with van der Waals surface area (Å²) >= 11 is 0. The summed E-state index contributed by atoms with van der Waals surface area (Å²) in [6.45, 7) is 6.93. The lowest BCUT2D eigenvalue weighted by Crippen LogP contribution is -2.42. The van der Waals surface area contributed by atoms with Crippen molar-refractivity contribution in [2.75, 3.05) is 13.1 Å². The Bertz CT molecular complexity index is 900. The number of nitrogens with zero attached hydrogens (tertiary/aromatic N) is 1. The number of carbonyl (C=O) groups is 2. The quantitative estimate of drug-likeness (QED) is 0.887. The Hall–Kier alpha value is -2.37. The van der Waals surface area contributed by atoms with Crippen molar-refractivity contribution in [2.45, 2.75) is 45.3 Å². The Kier molecular flexibility index (Phi) is 3.82. The number of likely N-dealkylation sites (tertiary alicyclic amines) is 1. The zero-order valence-corrected chi connectivity index (χ0v) is 15.4. The monoisotopic (exact) mass is 357 g/mol. The van der Waals surface area contributed by atoms with Crippen molar-refractivity contribution in [3.8, 4) is 0 Å². The predicted molar refractivity (Wildman–Crippen MR) is 97.8 cm³/mol. The molecule has 1 aromatic carbocycles. The number of carbonyl (C=O) groups excluding carboxylic acids is 2. The molecule has 2 N–H and O–H groups in total. The Balaban J connectivity index is 1.48. The molecular formula is C20H24FN3O2. The number of H-pyrrole nitrogens is 1. The molecule has 2 aliphatic rings. The number of benzene rings is 1. The summed E-state index contributed by atoms with van der Waals surface area (Å²) in [4.78, 5) is 29.6. The number of alkyl halides is 1. The Morgan fingerprint density at radius 2 is 2.00 bits per heavy atom. The van der Waals surface area contributed by atoms with Gasteiger partial charge in [0.05, 0.1) is 6.04 Å². The van der Waals surface area contributed by atoms with Crippen LogP contribution in [0.3, 0.4) is 0 Å². The van der Waals surface area contributed by atoms with Gasteiger partial charge in [-0.3, -0.25) is 9.59 Å². The van der Waals surface area contributed by atoms with E-state index >= 15 is 0 Å². The van der Waals surface area contributed by atoms with Crippen LogP contribution in [0.1, 0.15) is 41.4 Å². The van der Waals surface area contributed by atoms with E-state index in [1.54, 1.807) is 4.90 Å². The van der Waals surface area contributed by atoms with Gasteiger partial charge in [0.15, 0.2) is 5.67 Å². The van der Waals surface area contributed by atoms with Crippen molar-refractivity contribution in [1.29, 1.82) is 0 Å². The number of halogens is 1. The number of aromatic nitrogens is 1. The highest BCUT2D eigenvalue weighted by molar-refractivity contribution is 5.99. The first-order valence-corrected chi connectivity index (χ1v) is 9.16. The first kappa shape index (κ1) is 17.1. The zero-order valence-electron chi connectivity index (χ0n) is 15.4. The minimum atomic E-state index is -1.65. The van der Waals surface area contributed by atoms with Gasteiger partial charge in [0.1, 0.15) is 5.69 Å². The predicted octanol–water partition coefficient (Wildman–Crippen LogP) is 2.86. The van der Waals surface area contributed by atoms with Crippen LogP contribution < -0.4 is 5.32 Å². The summed E-state index contributed by atoms with van der Waals surface area (Å²) in [5.41, 5.74) is 2.13. The van der Waals surface area contributed by atoms with Gasteiger partial charge in [-0.1, -0.05) is 13.0 Å². The average molecular weight is 357 g/mol. The van der Waals surface area contributed by atoms with Gasteiger partial charge in [0.25, 0.3) is 11.8 Å². The van der Waals surface area contributed by atoms with Gasteiger partial charge in [0.2, 0.25) is 0 Å². The Morgan fingerprint density at radius 1 is 1.27 bits per heavy atom. The molecule has 0 unspecified atom stereocenters. The molecule has 5 nitrogen and oxygen atoms in total. The largest absolute Gasteiger partial charge is 0.351 e. The van der Waals surface area contributed by atoms with Crippen LogP contribution in [0.5, 0.6) is 0 Å². The fourth-order valence-electron chi connectivity index (χ4n) is 3.75. The highest BCUT2D eigenvalue weighted by Crippen LogP contribution is 2.42. The summed E-state index contributed by atoms with van der Waals surface area (Å²) in [7, 11) is 0. The smallest absolute Gasteiger partial charge is 0.268 e. The van der Waals surface area contributed by atoms with Gasteiger partial charge in [-0.15, -0.1) is 0 Å². The van der Waals surface area contributed by atoms with Crippen LogP contribution in [0.15, 0.2) is 18.2 Å². The molecule has 138 valence electrons. The van der Waals surface area contributed by atoms with E-state index in [0.29, 0.717) is 31.6 Å². The van der Waals surface area contributed by atoms with Gasteiger partial charge in [-0.25, -0.2) is 4.39 Å². The number of nitrogens with one attached hydrogen (secondary N) is 2. The van der Waals surface area contributed by atoms with Gasteiger partial charge < -0.3 is 15.2 Å². The van der Waals surface area contributed by atoms with E-state index in [9.17, 15) is 14.0 Å². The van der Waals surface area contributed by atoms with E-state index in [1.165, 1.54) is 5.56 Å². The first-order valence-electron chi connectivity index (χ1n) is 9.16. The van der Waals surface area contributed by atoms with Crippen molar-refractivity contribution in [3.05, 3.63) is 35.0 Å². The second-order valence-corrected chi connectivity index (χ2v) is 7.88. The van der Waals surface area contributed by atoms with E-state index in [4.69, 9.17) is 0 Å². The summed E-state index contributed by atoms with van der Waals surface area (Å²) in [5, 5.41) is 4.05. The molecule has 1 saturated carbocycles. The molecule has 1 aliphatic heterocycles. The van der Waals surface area contributed by atoms with E-state index in [1.807, 2.05) is 39.0 Å². The molecule has 2 amide bonds. The van der Waals surface area contributed by atoms with Crippen LogP contribution in [-0.2, 0) is 4.79 Å². The summed E-state index contributed by atoms with van der Waals surface area (Å²) in [6, 6.07) is 5.71.